The van der Waals surface area contributed by atoms with Crippen LogP contribution in [-0.2, 0) is 4.79 Å². The number of amides is 1. The lowest BCUT2D eigenvalue weighted by molar-refractivity contribution is -0.115. The number of anilines is 2. The molecule has 0 spiro atoms. The second-order valence-electron chi connectivity index (χ2n) is 6.71. The molecule has 0 bridgehead atoms. The molecule has 3 aromatic rings. The lowest BCUT2D eigenvalue weighted by Gasteiger charge is -2.10. The highest BCUT2D eigenvalue weighted by molar-refractivity contribution is 5.91. The van der Waals surface area contributed by atoms with Gasteiger partial charge in [0.15, 0.2) is 0 Å². The first-order chi connectivity index (χ1) is 13.4. The molecule has 3 rings (SSSR count). The standard InChI is InChI=1S/C21H22N6O/c1-4-20(28)25-16-7-5-6-14(8-16)19-9-17(18(10-22)21(23)26-19)15-11-24-27(12-15)13(2)3/h5-9,11-13H,4H2,1-3H3,(H2,23,26)(H,25,28). The molecule has 142 valence electrons. The molecule has 0 radical (unpaired) electrons. The van der Waals surface area contributed by atoms with E-state index in [9.17, 15) is 10.1 Å². The Morgan fingerprint density at radius 3 is 2.75 bits per heavy atom. The Bertz CT molecular complexity index is 1060. The van der Waals surface area contributed by atoms with Gasteiger partial charge < -0.3 is 11.1 Å². The van der Waals surface area contributed by atoms with Gasteiger partial charge in [-0.25, -0.2) is 4.98 Å². The van der Waals surface area contributed by atoms with Crippen molar-refractivity contribution >= 4 is 17.4 Å². The van der Waals surface area contributed by atoms with E-state index in [0.29, 0.717) is 28.9 Å². The van der Waals surface area contributed by atoms with E-state index in [1.54, 1.807) is 13.1 Å². The predicted octanol–water partition coefficient (Wildman–Crippen LogP) is 4.00. The number of benzene rings is 1. The smallest absolute Gasteiger partial charge is 0.224 e. The van der Waals surface area contributed by atoms with Crippen LogP contribution in [0.4, 0.5) is 11.5 Å². The van der Waals surface area contributed by atoms with Crippen LogP contribution in [0.25, 0.3) is 22.4 Å². The maximum absolute atomic E-state index is 11.7. The second-order valence-corrected chi connectivity index (χ2v) is 6.71. The molecule has 2 heterocycles. The van der Waals surface area contributed by atoms with E-state index in [1.807, 2.05) is 55.1 Å². The molecular weight excluding hydrogens is 352 g/mol. The highest BCUT2D eigenvalue weighted by Gasteiger charge is 2.15. The molecule has 0 aliphatic rings. The Morgan fingerprint density at radius 1 is 1.32 bits per heavy atom. The average Bonchev–Trinajstić information content (AvgIpc) is 3.18. The number of nitrogen functional groups attached to an aromatic ring is 1. The number of rotatable bonds is 5. The first kappa shape index (κ1) is 19.1. The van der Waals surface area contributed by atoms with Gasteiger partial charge in [-0.2, -0.15) is 10.4 Å². The SMILES string of the molecule is CCC(=O)Nc1cccc(-c2cc(-c3cnn(C(C)C)c3)c(C#N)c(N)n2)c1. The highest BCUT2D eigenvalue weighted by atomic mass is 16.1. The number of carbonyl (C=O) groups is 1. The number of pyridine rings is 1. The van der Waals surface area contributed by atoms with Crippen LogP contribution < -0.4 is 11.1 Å². The number of nitriles is 1. The largest absolute Gasteiger partial charge is 0.383 e. The van der Waals surface area contributed by atoms with Gasteiger partial charge in [0.1, 0.15) is 17.5 Å². The van der Waals surface area contributed by atoms with E-state index >= 15 is 0 Å². The van der Waals surface area contributed by atoms with Crippen molar-refractivity contribution in [2.24, 2.45) is 0 Å². The van der Waals surface area contributed by atoms with Gasteiger partial charge in [0, 0.05) is 41.0 Å². The lowest BCUT2D eigenvalue weighted by atomic mass is 10.0. The minimum atomic E-state index is -0.0637. The van der Waals surface area contributed by atoms with E-state index in [0.717, 1.165) is 11.1 Å². The maximum Gasteiger partial charge on any atom is 0.224 e. The summed E-state index contributed by atoms with van der Waals surface area (Å²) in [7, 11) is 0. The number of nitrogens with zero attached hydrogens (tertiary/aromatic N) is 4. The molecule has 7 heteroatoms. The molecule has 0 unspecified atom stereocenters. The number of carbonyl (C=O) groups excluding carboxylic acids is 1. The topological polar surface area (TPSA) is 110 Å². The Balaban J connectivity index is 2.08. The van der Waals surface area contributed by atoms with E-state index in [2.05, 4.69) is 21.5 Å². The van der Waals surface area contributed by atoms with Crippen molar-refractivity contribution in [1.29, 1.82) is 5.26 Å². The zero-order valence-corrected chi connectivity index (χ0v) is 16.1. The highest BCUT2D eigenvalue weighted by Crippen LogP contribution is 2.32. The quantitative estimate of drug-likeness (QED) is 0.701. The van der Waals surface area contributed by atoms with Crippen molar-refractivity contribution in [3.05, 3.63) is 48.3 Å². The first-order valence-corrected chi connectivity index (χ1v) is 9.08. The van der Waals surface area contributed by atoms with E-state index < -0.39 is 0 Å². The summed E-state index contributed by atoms with van der Waals surface area (Å²) in [6, 6.07) is 11.6. The molecule has 0 saturated heterocycles. The van der Waals surface area contributed by atoms with Gasteiger partial charge in [-0.15, -0.1) is 0 Å². The van der Waals surface area contributed by atoms with Gasteiger partial charge in [0.05, 0.1) is 11.9 Å². The summed E-state index contributed by atoms with van der Waals surface area (Å²) in [4.78, 5) is 16.1. The predicted molar refractivity (Wildman–Crippen MR) is 109 cm³/mol. The van der Waals surface area contributed by atoms with Gasteiger partial charge >= 0.3 is 0 Å². The summed E-state index contributed by atoms with van der Waals surface area (Å²) in [5.41, 5.74) is 9.99. The molecule has 2 aromatic heterocycles. The van der Waals surface area contributed by atoms with Crippen molar-refractivity contribution in [3.63, 3.8) is 0 Å². The minimum Gasteiger partial charge on any atom is -0.383 e. The van der Waals surface area contributed by atoms with Gasteiger partial charge in [-0.3, -0.25) is 9.48 Å². The third-order valence-corrected chi connectivity index (χ3v) is 4.36. The van der Waals surface area contributed by atoms with Gasteiger partial charge in [0.2, 0.25) is 5.91 Å². The van der Waals surface area contributed by atoms with E-state index in [-0.39, 0.29) is 17.8 Å². The van der Waals surface area contributed by atoms with Crippen LogP contribution in [0.15, 0.2) is 42.7 Å². The summed E-state index contributed by atoms with van der Waals surface area (Å²) in [5.74, 6) is 0.0986. The molecule has 0 saturated carbocycles. The molecule has 0 aliphatic carbocycles. The monoisotopic (exact) mass is 374 g/mol. The number of aromatic nitrogens is 3. The Morgan fingerprint density at radius 2 is 2.11 bits per heavy atom. The van der Waals surface area contributed by atoms with Crippen LogP contribution in [0, 0.1) is 11.3 Å². The molecule has 0 aliphatic heterocycles. The van der Waals surface area contributed by atoms with Gasteiger partial charge in [0.25, 0.3) is 0 Å². The van der Waals surface area contributed by atoms with Crippen LogP contribution in [0.2, 0.25) is 0 Å². The fraction of sp³-hybridized carbons (Fsp3) is 0.238. The summed E-state index contributed by atoms with van der Waals surface area (Å²) in [6.07, 6.45) is 4.01. The Kier molecular flexibility index (Phi) is 5.41. The summed E-state index contributed by atoms with van der Waals surface area (Å²) in [6.45, 7) is 5.86. The van der Waals surface area contributed by atoms with Crippen molar-refractivity contribution in [1.82, 2.24) is 14.8 Å². The summed E-state index contributed by atoms with van der Waals surface area (Å²) >= 11 is 0. The van der Waals surface area contributed by atoms with Crippen LogP contribution in [-0.4, -0.2) is 20.7 Å². The third-order valence-electron chi connectivity index (χ3n) is 4.36. The van der Waals surface area contributed by atoms with E-state index in [1.165, 1.54) is 0 Å². The fourth-order valence-electron chi connectivity index (χ4n) is 2.82. The van der Waals surface area contributed by atoms with Crippen LogP contribution in [0.1, 0.15) is 38.8 Å². The maximum atomic E-state index is 11.7. The van der Waals surface area contributed by atoms with Gasteiger partial charge in [-0.1, -0.05) is 19.1 Å². The Labute approximate surface area is 163 Å². The molecule has 3 N–H and O–H groups in total. The Hall–Kier alpha value is -3.66. The zero-order chi connectivity index (χ0) is 20.3. The van der Waals surface area contributed by atoms with Crippen molar-refractivity contribution in [3.8, 4) is 28.5 Å². The molecule has 0 atom stereocenters. The van der Waals surface area contributed by atoms with Crippen molar-refractivity contribution in [2.75, 3.05) is 11.1 Å². The number of hydrogen-bond acceptors (Lipinski definition) is 5. The molecular formula is C21H22N6O. The van der Waals surface area contributed by atoms with Crippen LogP contribution in [0.3, 0.4) is 0 Å². The number of nitrogens with one attached hydrogen (secondary N) is 1. The van der Waals surface area contributed by atoms with Crippen LogP contribution in [0.5, 0.6) is 0 Å². The molecule has 0 fully saturated rings. The van der Waals surface area contributed by atoms with Crippen molar-refractivity contribution < 1.29 is 4.79 Å². The molecule has 7 nitrogen and oxygen atoms in total. The molecule has 1 aromatic carbocycles. The lowest BCUT2D eigenvalue weighted by Crippen LogP contribution is -2.09. The van der Waals surface area contributed by atoms with Gasteiger partial charge in [-0.05, 0) is 32.0 Å². The molecule has 28 heavy (non-hydrogen) atoms. The van der Waals surface area contributed by atoms with Crippen molar-refractivity contribution in [2.45, 2.75) is 33.2 Å². The number of hydrogen-bond donors (Lipinski definition) is 2. The number of nitrogens with two attached hydrogens (primary N) is 1. The minimum absolute atomic E-state index is 0.0637. The zero-order valence-electron chi connectivity index (χ0n) is 16.1. The normalized spacial score (nSPS) is 10.7. The third kappa shape index (κ3) is 3.86. The molecule has 1 amide bonds. The second kappa shape index (κ2) is 7.92. The summed E-state index contributed by atoms with van der Waals surface area (Å²) < 4.78 is 1.83. The van der Waals surface area contributed by atoms with E-state index in [4.69, 9.17) is 5.73 Å². The average molecular weight is 374 g/mol. The first-order valence-electron chi connectivity index (χ1n) is 9.08. The fourth-order valence-corrected chi connectivity index (χ4v) is 2.82. The summed E-state index contributed by atoms with van der Waals surface area (Å²) in [5, 5.41) is 16.8. The van der Waals surface area contributed by atoms with Crippen LogP contribution >= 0.6 is 0 Å².